The molecule has 2 heterocycles. The molecule has 2 aromatic heterocycles. The molecule has 0 spiro atoms. The molecule has 3 aromatic rings. The largest absolute Gasteiger partial charge is 0.507 e. The maximum atomic E-state index is 9.57. The van der Waals surface area contributed by atoms with Crippen LogP contribution < -0.4 is 0 Å². The number of aromatic hydroxyl groups is 1. The van der Waals surface area contributed by atoms with Gasteiger partial charge in [-0.05, 0) is 12.1 Å². The maximum Gasteiger partial charge on any atom is 0.176 e. The number of phenolic OH excluding ortho intramolecular Hbond substituents is 1. The van der Waals surface area contributed by atoms with Gasteiger partial charge in [0, 0.05) is 6.20 Å². The Morgan fingerprint density at radius 3 is 3.14 bits per heavy atom. The molecule has 0 amide bonds. The molecule has 0 aliphatic rings. The normalized spacial score (nSPS) is 11.1. The zero-order valence-electron chi connectivity index (χ0n) is 7.12. The van der Waals surface area contributed by atoms with Crippen LogP contribution in [-0.2, 0) is 0 Å². The number of hydrogen-bond donors (Lipinski definition) is 1. The van der Waals surface area contributed by atoms with E-state index in [0.29, 0.717) is 11.0 Å². The fourth-order valence-corrected chi connectivity index (χ4v) is 1.43. The molecule has 1 aromatic carbocycles. The maximum absolute atomic E-state index is 9.57. The van der Waals surface area contributed by atoms with Crippen LogP contribution >= 0.6 is 0 Å². The van der Waals surface area contributed by atoms with Gasteiger partial charge in [0.2, 0.25) is 0 Å². The third kappa shape index (κ3) is 0.861. The Bertz CT molecular complexity index is 616. The first-order valence-corrected chi connectivity index (χ1v) is 4.13. The standard InChI is InChI=1S/C9H6N4O/c14-8-3-1-2-7-6(8)5-13-9(11-7)4-10-12-13/h1-5,14H. The minimum atomic E-state index is 0.201. The van der Waals surface area contributed by atoms with E-state index in [0.717, 1.165) is 5.52 Å². The van der Waals surface area contributed by atoms with E-state index >= 15 is 0 Å². The number of fused-ring (bicyclic) bond motifs is 2. The van der Waals surface area contributed by atoms with E-state index in [9.17, 15) is 5.11 Å². The first kappa shape index (κ1) is 7.25. The summed E-state index contributed by atoms with van der Waals surface area (Å²) in [5.41, 5.74) is 1.41. The molecule has 0 saturated heterocycles. The molecule has 1 N–H and O–H groups in total. The van der Waals surface area contributed by atoms with Crippen LogP contribution in [0.2, 0.25) is 0 Å². The highest BCUT2D eigenvalue weighted by Crippen LogP contribution is 2.22. The molecule has 14 heavy (non-hydrogen) atoms. The molecular formula is C9H6N4O. The van der Waals surface area contributed by atoms with E-state index in [1.165, 1.54) is 4.52 Å². The Labute approximate surface area is 78.6 Å². The van der Waals surface area contributed by atoms with Crippen molar-refractivity contribution >= 4 is 16.6 Å². The summed E-state index contributed by atoms with van der Waals surface area (Å²) in [5.74, 6) is 0.201. The molecule has 0 bridgehead atoms. The molecule has 0 atom stereocenters. The summed E-state index contributed by atoms with van der Waals surface area (Å²) < 4.78 is 1.53. The van der Waals surface area contributed by atoms with E-state index in [1.54, 1.807) is 24.5 Å². The van der Waals surface area contributed by atoms with Crippen LogP contribution in [0, 0.1) is 0 Å². The SMILES string of the molecule is Oc1cccc2nc3cnnn3cc12. The number of benzene rings is 1. The second-order valence-electron chi connectivity index (χ2n) is 2.99. The van der Waals surface area contributed by atoms with Crippen molar-refractivity contribution in [3.8, 4) is 5.75 Å². The van der Waals surface area contributed by atoms with Gasteiger partial charge in [-0.25, -0.2) is 9.50 Å². The van der Waals surface area contributed by atoms with Gasteiger partial charge in [-0.3, -0.25) is 0 Å². The van der Waals surface area contributed by atoms with Crippen LogP contribution in [0.25, 0.3) is 16.6 Å². The average molecular weight is 186 g/mol. The zero-order chi connectivity index (χ0) is 9.54. The smallest absolute Gasteiger partial charge is 0.176 e. The van der Waals surface area contributed by atoms with Gasteiger partial charge in [0.05, 0.1) is 17.1 Å². The lowest BCUT2D eigenvalue weighted by atomic mass is 10.2. The number of aromatic nitrogens is 4. The highest BCUT2D eigenvalue weighted by molar-refractivity contribution is 5.85. The minimum absolute atomic E-state index is 0.201. The quantitative estimate of drug-likeness (QED) is 0.568. The predicted molar refractivity (Wildman–Crippen MR) is 50.0 cm³/mol. The number of phenols is 1. The Kier molecular flexibility index (Phi) is 1.25. The Balaban J connectivity index is 2.57. The summed E-state index contributed by atoms with van der Waals surface area (Å²) in [6.45, 7) is 0. The molecule has 0 saturated carbocycles. The van der Waals surface area contributed by atoms with Gasteiger partial charge < -0.3 is 5.11 Å². The van der Waals surface area contributed by atoms with Gasteiger partial charge in [-0.15, -0.1) is 5.10 Å². The van der Waals surface area contributed by atoms with Gasteiger partial charge in [-0.2, -0.15) is 0 Å². The fraction of sp³-hybridized carbons (Fsp3) is 0. The van der Waals surface area contributed by atoms with E-state index in [2.05, 4.69) is 15.3 Å². The van der Waals surface area contributed by atoms with Gasteiger partial charge in [0.1, 0.15) is 5.75 Å². The van der Waals surface area contributed by atoms with Gasteiger partial charge in [0.25, 0.3) is 0 Å². The second-order valence-corrected chi connectivity index (χ2v) is 2.99. The molecule has 0 fully saturated rings. The van der Waals surface area contributed by atoms with Crippen molar-refractivity contribution in [3.05, 3.63) is 30.6 Å². The van der Waals surface area contributed by atoms with E-state index in [4.69, 9.17) is 0 Å². The molecule has 0 radical (unpaired) electrons. The van der Waals surface area contributed by atoms with Crippen LogP contribution in [-0.4, -0.2) is 24.9 Å². The van der Waals surface area contributed by atoms with E-state index < -0.39 is 0 Å². The third-order valence-electron chi connectivity index (χ3n) is 2.10. The lowest BCUT2D eigenvalue weighted by Gasteiger charge is -1.99. The summed E-state index contributed by atoms with van der Waals surface area (Å²) in [6, 6.07) is 5.21. The zero-order valence-corrected chi connectivity index (χ0v) is 7.12. The molecule has 0 unspecified atom stereocenters. The van der Waals surface area contributed by atoms with Gasteiger partial charge in [0.15, 0.2) is 5.65 Å². The lowest BCUT2D eigenvalue weighted by Crippen LogP contribution is -1.90. The van der Waals surface area contributed by atoms with Crippen molar-refractivity contribution < 1.29 is 5.11 Å². The Morgan fingerprint density at radius 1 is 1.29 bits per heavy atom. The van der Waals surface area contributed by atoms with Crippen LogP contribution in [0.15, 0.2) is 30.6 Å². The monoisotopic (exact) mass is 186 g/mol. The summed E-state index contributed by atoms with van der Waals surface area (Å²) in [4.78, 5) is 4.28. The first-order valence-electron chi connectivity index (χ1n) is 4.13. The Hall–Kier alpha value is -2.17. The van der Waals surface area contributed by atoms with Crippen LogP contribution in [0.4, 0.5) is 0 Å². The van der Waals surface area contributed by atoms with Crippen molar-refractivity contribution in [2.45, 2.75) is 0 Å². The molecular weight excluding hydrogens is 180 g/mol. The van der Waals surface area contributed by atoms with Crippen molar-refractivity contribution in [1.82, 2.24) is 19.8 Å². The highest BCUT2D eigenvalue weighted by atomic mass is 16.3. The van der Waals surface area contributed by atoms with Crippen LogP contribution in [0.5, 0.6) is 5.75 Å². The Morgan fingerprint density at radius 2 is 2.21 bits per heavy atom. The first-order chi connectivity index (χ1) is 6.84. The van der Waals surface area contributed by atoms with E-state index in [1.807, 2.05) is 6.07 Å². The number of rotatable bonds is 0. The summed E-state index contributed by atoms with van der Waals surface area (Å²) in [6.07, 6.45) is 3.28. The molecule has 5 nitrogen and oxygen atoms in total. The topological polar surface area (TPSA) is 63.3 Å². The van der Waals surface area contributed by atoms with Crippen molar-refractivity contribution in [1.29, 1.82) is 0 Å². The average Bonchev–Trinajstić information content (AvgIpc) is 2.62. The van der Waals surface area contributed by atoms with E-state index in [-0.39, 0.29) is 5.75 Å². The van der Waals surface area contributed by atoms with Gasteiger partial charge >= 0.3 is 0 Å². The molecule has 68 valence electrons. The number of nitrogens with zero attached hydrogens (tertiary/aromatic N) is 4. The predicted octanol–water partition coefficient (Wildman–Crippen LogP) is 0.983. The highest BCUT2D eigenvalue weighted by Gasteiger charge is 2.03. The summed E-state index contributed by atoms with van der Waals surface area (Å²) in [5, 5.41) is 17.8. The molecule has 5 heteroatoms. The van der Waals surface area contributed by atoms with Crippen LogP contribution in [0.3, 0.4) is 0 Å². The van der Waals surface area contributed by atoms with Gasteiger partial charge in [-0.1, -0.05) is 11.3 Å². The van der Waals surface area contributed by atoms with Crippen molar-refractivity contribution in [2.24, 2.45) is 0 Å². The molecule has 3 rings (SSSR count). The van der Waals surface area contributed by atoms with Crippen molar-refractivity contribution in [3.63, 3.8) is 0 Å². The summed E-state index contributed by atoms with van der Waals surface area (Å²) >= 11 is 0. The third-order valence-corrected chi connectivity index (χ3v) is 2.10. The minimum Gasteiger partial charge on any atom is -0.507 e. The molecule has 0 aliphatic carbocycles. The van der Waals surface area contributed by atoms with Crippen LogP contribution in [0.1, 0.15) is 0 Å². The fourth-order valence-electron chi connectivity index (χ4n) is 1.43. The lowest BCUT2D eigenvalue weighted by molar-refractivity contribution is 0.481. The second kappa shape index (κ2) is 2.41. The molecule has 0 aliphatic heterocycles. The van der Waals surface area contributed by atoms with Crippen molar-refractivity contribution in [2.75, 3.05) is 0 Å². The summed E-state index contributed by atoms with van der Waals surface area (Å²) in [7, 11) is 0. The number of hydrogen-bond acceptors (Lipinski definition) is 4.